The summed E-state index contributed by atoms with van der Waals surface area (Å²) in [6.45, 7) is 0. The molecular weight excluding hydrogens is 224 g/mol. The fourth-order valence-corrected chi connectivity index (χ4v) is 2.13. The number of hydrogen-bond acceptors (Lipinski definition) is 4. The monoisotopic (exact) mass is 238 g/mol. The highest BCUT2D eigenvalue weighted by Gasteiger charge is 2.28. The van der Waals surface area contributed by atoms with Crippen LogP contribution >= 0.6 is 0 Å². The van der Waals surface area contributed by atoms with Gasteiger partial charge in [-0.05, 0) is 19.3 Å². The molecule has 1 aliphatic rings. The molecule has 6 heteroatoms. The van der Waals surface area contributed by atoms with Crippen molar-refractivity contribution in [2.75, 3.05) is 0 Å². The Morgan fingerprint density at radius 2 is 2.29 bits per heavy atom. The molecule has 0 bridgehead atoms. The summed E-state index contributed by atoms with van der Waals surface area (Å²) >= 11 is 0. The molecule has 0 radical (unpaired) electrons. The Morgan fingerprint density at radius 3 is 2.94 bits per heavy atom. The number of hydrogen-bond donors (Lipinski definition) is 2. The zero-order valence-electron chi connectivity index (χ0n) is 9.26. The van der Waals surface area contributed by atoms with E-state index in [1.807, 2.05) is 0 Å². The Hall–Kier alpha value is -1.85. The molecule has 17 heavy (non-hydrogen) atoms. The first kappa shape index (κ1) is 11.6. The fourth-order valence-electron chi connectivity index (χ4n) is 2.13. The van der Waals surface area contributed by atoms with Crippen molar-refractivity contribution in [3.8, 4) is 0 Å². The largest absolute Gasteiger partial charge is 0.481 e. The van der Waals surface area contributed by atoms with Gasteiger partial charge in [-0.1, -0.05) is 11.6 Å². The first-order valence-electron chi connectivity index (χ1n) is 5.61. The van der Waals surface area contributed by atoms with Crippen LogP contribution in [0, 0.1) is 5.92 Å². The van der Waals surface area contributed by atoms with Crippen LogP contribution in [0.5, 0.6) is 0 Å². The SMILES string of the molecule is O=C(NC1CCCC(C(=O)O)C1)c1ccno1. The van der Waals surface area contributed by atoms with Crippen LogP contribution in [0.1, 0.15) is 36.2 Å². The minimum Gasteiger partial charge on any atom is -0.481 e. The third-order valence-corrected chi connectivity index (χ3v) is 3.02. The summed E-state index contributed by atoms with van der Waals surface area (Å²) in [4.78, 5) is 22.5. The maximum absolute atomic E-state index is 11.7. The lowest BCUT2D eigenvalue weighted by Crippen LogP contribution is -2.39. The molecule has 1 amide bonds. The number of carbonyl (C=O) groups excluding carboxylic acids is 1. The maximum atomic E-state index is 11.7. The third kappa shape index (κ3) is 2.83. The first-order valence-corrected chi connectivity index (χ1v) is 5.61. The predicted molar refractivity (Wildman–Crippen MR) is 57.4 cm³/mol. The standard InChI is InChI=1S/C11H14N2O4/c14-10(9-4-5-12-17-9)13-8-3-1-2-7(6-8)11(15)16/h4-5,7-8H,1-3,6H2,(H,13,14)(H,15,16). The Morgan fingerprint density at radius 1 is 1.47 bits per heavy atom. The minimum absolute atomic E-state index is 0.0950. The molecule has 1 heterocycles. The van der Waals surface area contributed by atoms with Crippen molar-refractivity contribution in [3.63, 3.8) is 0 Å². The topological polar surface area (TPSA) is 92.4 Å². The van der Waals surface area contributed by atoms with E-state index in [9.17, 15) is 9.59 Å². The van der Waals surface area contributed by atoms with Crippen LogP contribution in [0.2, 0.25) is 0 Å². The van der Waals surface area contributed by atoms with Crippen molar-refractivity contribution < 1.29 is 19.2 Å². The van der Waals surface area contributed by atoms with Crippen LogP contribution in [-0.2, 0) is 4.79 Å². The van der Waals surface area contributed by atoms with Crippen LogP contribution < -0.4 is 5.32 Å². The number of aromatic nitrogens is 1. The van der Waals surface area contributed by atoms with E-state index in [1.165, 1.54) is 12.3 Å². The number of nitrogens with zero attached hydrogens (tertiary/aromatic N) is 1. The zero-order valence-corrected chi connectivity index (χ0v) is 9.26. The summed E-state index contributed by atoms with van der Waals surface area (Å²) in [5, 5.41) is 15.2. The van der Waals surface area contributed by atoms with E-state index in [0.717, 1.165) is 12.8 Å². The van der Waals surface area contributed by atoms with Gasteiger partial charge in [0.2, 0.25) is 5.76 Å². The average molecular weight is 238 g/mol. The van der Waals surface area contributed by atoms with Gasteiger partial charge in [-0.2, -0.15) is 0 Å². The van der Waals surface area contributed by atoms with Crippen LogP contribution in [0.25, 0.3) is 0 Å². The van der Waals surface area contributed by atoms with E-state index in [0.29, 0.717) is 12.8 Å². The minimum atomic E-state index is -0.788. The molecule has 0 saturated heterocycles. The quantitative estimate of drug-likeness (QED) is 0.821. The second kappa shape index (κ2) is 4.99. The lowest BCUT2D eigenvalue weighted by molar-refractivity contribution is -0.143. The molecule has 0 aromatic carbocycles. The van der Waals surface area contributed by atoms with Crippen molar-refractivity contribution in [3.05, 3.63) is 18.0 Å². The Labute approximate surface area is 98.0 Å². The van der Waals surface area contributed by atoms with Crippen LogP contribution in [-0.4, -0.2) is 28.2 Å². The molecule has 1 saturated carbocycles. The van der Waals surface area contributed by atoms with Gasteiger partial charge in [0.1, 0.15) is 0 Å². The molecule has 1 aromatic heterocycles. The van der Waals surface area contributed by atoms with Crippen molar-refractivity contribution in [2.45, 2.75) is 31.7 Å². The van der Waals surface area contributed by atoms with Crippen molar-refractivity contribution in [2.24, 2.45) is 5.92 Å². The summed E-state index contributed by atoms with van der Waals surface area (Å²) < 4.78 is 4.73. The molecule has 0 spiro atoms. The Kier molecular flexibility index (Phi) is 3.41. The highest BCUT2D eigenvalue weighted by Crippen LogP contribution is 2.24. The molecule has 2 rings (SSSR count). The van der Waals surface area contributed by atoms with Gasteiger partial charge in [-0.15, -0.1) is 0 Å². The molecule has 0 aliphatic heterocycles. The number of carboxylic acid groups (broad SMARTS) is 1. The normalized spacial score (nSPS) is 24.2. The molecule has 2 N–H and O–H groups in total. The van der Waals surface area contributed by atoms with Crippen LogP contribution in [0.4, 0.5) is 0 Å². The first-order chi connectivity index (χ1) is 8.16. The van der Waals surface area contributed by atoms with Gasteiger partial charge in [0, 0.05) is 12.1 Å². The highest BCUT2D eigenvalue weighted by molar-refractivity contribution is 5.91. The molecule has 1 aromatic rings. The number of aliphatic carboxylic acids is 1. The van der Waals surface area contributed by atoms with Gasteiger partial charge in [0.25, 0.3) is 5.91 Å². The van der Waals surface area contributed by atoms with E-state index in [-0.39, 0.29) is 23.6 Å². The van der Waals surface area contributed by atoms with Gasteiger partial charge in [-0.3, -0.25) is 9.59 Å². The lowest BCUT2D eigenvalue weighted by atomic mass is 9.86. The fraction of sp³-hybridized carbons (Fsp3) is 0.545. The molecule has 92 valence electrons. The lowest BCUT2D eigenvalue weighted by Gasteiger charge is -2.26. The van der Waals surface area contributed by atoms with Crippen LogP contribution in [0.15, 0.2) is 16.8 Å². The summed E-state index contributed by atoms with van der Waals surface area (Å²) in [6.07, 6.45) is 4.19. The number of nitrogens with one attached hydrogen (secondary N) is 1. The van der Waals surface area contributed by atoms with Crippen molar-refractivity contribution in [1.82, 2.24) is 10.5 Å². The second-order valence-electron chi connectivity index (χ2n) is 4.25. The number of carbonyl (C=O) groups is 2. The maximum Gasteiger partial charge on any atom is 0.306 e. The second-order valence-corrected chi connectivity index (χ2v) is 4.25. The number of rotatable bonds is 3. The van der Waals surface area contributed by atoms with Gasteiger partial charge >= 0.3 is 5.97 Å². The van der Waals surface area contributed by atoms with E-state index >= 15 is 0 Å². The van der Waals surface area contributed by atoms with Gasteiger partial charge in [0.05, 0.1) is 12.1 Å². The van der Waals surface area contributed by atoms with Crippen LogP contribution in [0.3, 0.4) is 0 Å². The van der Waals surface area contributed by atoms with Gasteiger partial charge in [-0.25, -0.2) is 0 Å². The Balaban J connectivity index is 1.91. The molecule has 1 fully saturated rings. The smallest absolute Gasteiger partial charge is 0.306 e. The molecule has 1 aliphatic carbocycles. The molecule has 2 unspecified atom stereocenters. The summed E-state index contributed by atoms with van der Waals surface area (Å²) in [5.41, 5.74) is 0. The molecule has 6 nitrogen and oxygen atoms in total. The average Bonchev–Trinajstić information content (AvgIpc) is 2.82. The van der Waals surface area contributed by atoms with Crippen molar-refractivity contribution in [1.29, 1.82) is 0 Å². The van der Waals surface area contributed by atoms with E-state index in [4.69, 9.17) is 9.63 Å². The Bertz CT molecular complexity index is 402. The number of amides is 1. The van der Waals surface area contributed by atoms with E-state index < -0.39 is 5.97 Å². The molecule has 2 atom stereocenters. The summed E-state index contributed by atoms with van der Waals surface area (Å²) in [5.74, 6) is -1.33. The predicted octanol–water partition coefficient (Wildman–Crippen LogP) is 1.05. The number of carboxylic acids is 1. The van der Waals surface area contributed by atoms with Gasteiger partial charge < -0.3 is 14.9 Å². The highest BCUT2D eigenvalue weighted by atomic mass is 16.5. The molecular formula is C11H14N2O4. The van der Waals surface area contributed by atoms with Gasteiger partial charge in [0.15, 0.2) is 0 Å². The summed E-state index contributed by atoms with van der Waals surface area (Å²) in [6, 6.07) is 1.38. The zero-order chi connectivity index (χ0) is 12.3. The third-order valence-electron chi connectivity index (χ3n) is 3.02. The van der Waals surface area contributed by atoms with E-state index in [1.54, 1.807) is 0 Å². The van der Waals surface area contributed by atoms with Crippen molar-refractivity contribution >= 4 is 11.9 Å². The van der Waals surface area contributed by atoms with E-state index in [2.05, 4.69) is 10.5 Å². The summed E-state index contributed by atoms with van der Waals surface area (Å²) in [7, 11) is 0.